The fourth-order valence-corrected chi connectivity index (χ4v) is 3.85. The molecule has 0 N–H and O–H groups in total. The van der Waals surface area contributed by atoms with Crippen molar-refractivity contribution in [2.45, 2.75) is 38.5 Å². The van der Waals surface area contributed by atoms with E-state index in [2.05, 4.69) is 20.5 Å². The van der Waals surface area contributed by atoms with E-state index in [0.29, 0.717) is 17.8 Å². The molecule has 4 aromatic rings. The summed E-state index contributed by atoms with van der Waals surface area (Å²) in [5, 5.41) is 15.5. The predicted octanol–water partition coefficient (Wildman–Crippen LogP) is 5.97. The van der Waals surface area contributed by atoms with Crippen LogP contribution >= 0.6 is 0 Å². The summed E-state index contributed by atoms with van der Waals surface area (Å²) in [6.45, 7) is 0.589. The van der Waals surface area contributed by atoms with Crippen LogP contribution in [0.15, 0.2) is 48.7 Å². The maximum atomic E-state index is 13.6. The third-order valence-electron chi connectivity index (χ3n) is 5.63. The van der Waals surface area contributed by atoms with Crippen molar-refractivity contribution >= 4 is 5.95 Å². The average molecular weight is 563 g/mol. The van der Waals surface area contributed by atoms with Gasteiger partial charge in [0.2, 0.25) is 0 Å². The number of rotatable bonds is 6. The van der Waals surface area contributed by atoms with E-state index < -0.39 is 53.9 Å². The van der Waals surface area contributed by atoms with Gasteiger partial charge in [-0.25, -0.2) is 4.68 Å². The van der Waals surface area contributed by atoms with Crippen molar-refractivity contribution in [2.75, 3.05) is 4.90 Å². The lowest BCUT2D eigenvalue weighted by Crippen LogP contribution is -2.26. The summed E-state index contributed by atoms with van der Waals surface area (Å²) in [4.78, 5) is 2.11. The normalized spacial score (nSPS) is 12.7. The molecule has 0 amide bonds. The maximum Gasteiger partial charge on any atom is 0.416 e. The van der Waals surface area contributed by atoms with Gasteiger partial charge in [0.25, 0.3) is 5.95 Å². The SMILES string of the molecule is Cc1ccnn1-c1ccc(C(F)(F)F)cc1CN(Cc1cc(C(F)(F)F)cc(C(F)(F)F)c1)c1nnn(C)n1. The van der Waals surface area contributed by atoms with Crippen molar-refractivity contribution in [3.63, 3.8) is 0 Å². The van der Waals surface area contributed by atoms with Crippen molar-refractivity contribution in [1.82, 2.24) is 30.0 Å². The second-order valence-electron chi connectivity index (χ2n) is 8.57. The molecule has 0 saturated heterocycles. The number of hydrogen-bond donors (Lipinski definition) is 0. The van der Waals surface area contributed by atoms with Crippen LogP contribution in [0.3, 0.4) is 0 Å². The molecule has 208 valence electrons. The van der Waals surface area contributed by atoms with Gasteiger partial charge in [-0.2, -0.15) is 49.4 Å². The van der Waals surface area contributed by atoms with Gasteiger partial charge in [-0.05, 0) is 65.7 Å². The first-order valence-electron chi connectivity index (χ1n) is 11.0. The van der Waals surface area contributed by atoms with Crippen LogP contribution in [0.25, 0.3) is 5.69 Å². The third-order valence-corrected chi connectivity index (χ3v) is 5.63. The Kier molecular flexibility index (Phi) is 7.08. The molecule has 4 rings (SSSR count). The molecule has 7 nitrogen and oxygen atoms in total. The summed E-state index contributed by atoms with van der Waals surface area (Å²) in [6, 6.07) is 5.49. The molecule has 0 radical (unpaired) electrons. The molecule has 2 heterocycles. The van der Waals surface area contributed by atoms with Gasteiger partial charge < -0.3 is 4.90 Å². The molecule has 2 aromatic carbocycles. The molecule has 0 fully saturated rings. The maximum absolute atomic E-state index is 13.6. The topological polar surface area (TPSA) is 64.7 Å². The summed E-state index contributed by atoms with van der Waals surface area (Å²) in [5.74, 6) is -0.232. The number of hydrogen-bond acceptors (Lipinski definition) is 5. The third kappa shape index (κ3) is 6.31. The number of anilines is 1. The first-order valence-corrected chi connectivity index (χ1v) is 11.0. The van der Waals surface area contributed by atoms with Gasteiger partial charge in [0.15, 0.2) is 0 Å². The van der Waals surface area contributed by atoms with Crippen LogP contribution in [0.4, 0.5) is 45.5 Å². The van der Waals surface area contributed by atoms with Crippen LogP contribution in [-0.4, -0.2) is 30.0 Å². The zero-order valence-electron chi connectivity index (χ0n) is 20.1. The minimum Gasteiger partial charge on any atom is -0.329 e. The van der Waals surface area contributed by atoms with Crippen molar-refractivity contribution in [1.29, 1.82) is 0 Å². The highest BCUT2D eigenvalue weighted by Crippen LogP contribution is 2.37. The highest BCUT2D eigenvalue weighted by Gasteiger charge is 2.37. The molecular weight excluding hydrogens is 545 g/mol. The van der Waals surface area contributed by atoms with Crippen LogP contribution in [0.5, 0.6) is 0 Å². The van der Waals surface area contributed by atoms with Gasteiger partial charge >= 0.3 is 18.5 Å². The Morgan fingerprint density at radius 3 is 1.87 bits per heavy atom. The first kappa shape index (κ1) is 27.9. The predicted molar refractivity (Wildman–Crippen MR) is 118 cm³/mol. The summed E-state index contributed by atoms with van der Waals surface area (Å²) in [7, 11) is 1.36. The minimum atomic E-state index is -5.09. The molecule has 0 unspecified atom stereocenters. The molecule has 0 atom stereocenters. The average Bonchev–Trinajstić information content (AvgIpc) is 3.44. The second-order valence-corrected chi connectivity index (χ2v) is 8.57. The molecule has 0 aliphatic carbocycles. The molecule has 0 spiro atoms. The van der Waals surface area contributed by atoms with Crippen LogP contribution < -0.4 is 4.90 Å². The smallest absolute Gasteiger partial charge is 0.329 e. The number of tetrazole rings is 1. The van der Waals surface area contributed by atoms with Gasteiger partial charge in [-0.1, -0.05) is 5.10 Å². The van der Waals surface area contributed by atoms with Crippen molar-refractivity contribution in [3.8, 4) is 5.69 Å². The van der Waals surface area contributed by atoms with Crippen LogP contribution in [0.1, 0.15) is 33.5 Å². The van der Waals surface area contributed by atoms with Crippen molar-refractivity contribution in [2.24, 2.45) is 7.05 Å². The Bertz CT molecular complexity index is 1430. The fourth-order valence-electron chi connectivity index (χ4n) is 3.85. The number of benzene rings is 2. The molecule has 0 aliphatic heterocycles. The van der Waals surface area contributed by atoms with E-state index in [0.717, 1.165) is 21.8 Å². The largest absolute Gasteiger partial charge is 0.416 e. The monoisotopic (exact) mass is 563 g/mol. The van der Waals surface area contributed by atoms with Crippen LogP contribution in [0, 0.1) is 6.92 Å². The van der Waals surface area contributed by atoms with Gasteiger partial charge in [-0.15, -0.1) is 5.10 Å². The van der Waals surface area contributed by atoms with E-state index in [1.54, 1.807) is 13.0 Å². The number of aromatic nitrogens is 6. The molecule has 39 heavy (non-hydrogen) atoms. The van der Waals surface area contributed by atoms with Gasteiger partial charge in [-0.3, -0.25) is 0 Å². The molecule has 0 aliphatic rings. The zero-order valence-corrected chi connectivity index (χ0v) is 20.1. The quantitative estimate of drug-likeness (QED) is 0.271. The second kappa shape index (κ2) is 9.89. The van der Waals surface area contributed by atoms with E-state index in [-0.39, 0.29) is 23.3 Å². The van der Waals surface area contributed by atoms with Crippen LogP contribution in [-0.2, 0) is 38.7 Å². The summed E-state index contributed by atoms with van der Waals surface area (Å²) in [5.41, 5.74) is -3.73. The van der Waals surface area contributed by atoms with Gasteiger partial charge in [0.1, 0.15) is 0 Å². The molecule has 16 heteroatoms. The van der Waals surface area contributed by atoms with Crippen molar-refractivity contribution < 1.29 is 39.5 Å². The summed E-state index contributed by atoms with van der Waals surface area (Å²) >= 11 is 0. The fraction of sp³-hybridized carbons (Fsp3) is 0.304. The molecular formula is C23H18F9N7. The van der Waals surface area contributed by atoms with Crippen LogP contribution in [0.2, 0.25) is 0 Å². The minimum absolute atomic E-state index is 0.00657. The van der Waals surface area contributed by atoms with E-state index >= 15 is 0 Å². The lowest BCUT2D eigenvalue weighted by atomic mass is 10.0. The van der Waals surface area contributed by atoms with Crippen molar-refractivity contribution in [3.05, 3.63) is 82.2 Å². The Balaban J connectivity index is 1.84. The van der Waals surface area contributed by atoms with E-state index in [9.17, 15) is 39.5 Å². The molecule has 0 bridgehead atoms. The number of nitrogens with zero attached hydrogens (tertiary/aromatic N) is 7. The Morgan fingerprint density at radius 1 is 0.769 bits per heavy atom. The molecule has 0 saturated carbocycles. The Morgan fingerprint density at radius 2 is 1.38 bits per heavy atom. The lowest BCUT2D eigenvalue weighted by Gasteiger charge is -2.24. The highest BCUT2D eigenvalue weighted by molar-refractivity contribution is 5.48. The highest BCUT2D eigenvalue weighted by atomic mass is 19.4. The van der Waals surface area contributed by atoms with E-state index in [1.807, 2.05) is 0 Å². The van der Waals surface area contributed by atoms with Gasteiger partial charge in [0, 0.05) is 25.0 Å². The van der Waals surface area contributed by atoms with Gasteiger partial charge in [0.05, 0.1) is 29.4 Å². The number of aryl methyl sites for hydroxylation is 2. The summed E-state index contributed by atoms with van der Waals surface area (Å²) < 4.78 is 123. The molecule has 2 aromatic heterocycles. The lowest BCUT2D eigenvalue weighted by molar-refractivity contribution is -0.143. The first-order chi connectivity index (χ1) is 18.0. The standard InChI is InChI=1S/C23H18F9N7/c1-13-5-6-33-39(13)19-4-3-16(21(24,25)26)9-15(19)12-38(20-34-36-37(2)35-20)11-14-7-17(22(27,28)29)10-18(8-14)23(30,31)32/h3-10H,11-12H2,1-2H3. The summed E-state index contributed by atoms with van der Waals surface area (Å²) in [6.07, 6.45) is -13.5. The Labute approximate surface area is 214 Å². The number of alkyl halides is 9. The van der Waals surface area contributed by atoms with E-state index in [4.69, 9.17) is 0 Å². The van der Waals surface area contributed by atoms with E-state index in [1.165, 1.54) is 24.0 Å². The number of halogens is 9. The Hall–Kier alpha value is -4.11. The zero-order chi connectivity index (χ0) is 28.8.